The van der Waals surface area contributed by atoms with Crippen molar-refractivity contribution in [3.63, 3.8) is 0 Å². The van der Waals surface area contributed by atoms with Crippen molar-refractivity contribution in [2.24, 2.45) is 0 Å². The number of methoxy groups -OCH3 is 1. The SMILES string of the molecule is COCCN(CCC(=O)Nc1cc(Cl)cc(Cl)c1)S(C)(=O)=O. The van der Waals surface area contributed by atoms with Crippen LogP contribution in [0.4, 0.5) is 5.69 Å². The van der Waals surface area contributed by atoms with Crippen LogP contribution in [-0.4, -0.2) is 51.7 Å². The van der Waals surface area contributed by atoms with Crippen molar-refractivity contribution in [2.45, 2.75) is 6.42 Å². The van der Waals surface area contributed by atoms with E-state index in [1.54, 1.807) is 18.2 Å². The summed E-state index contributed by atoms with van der Waals surface area (Å²) in [5.41, 5.74) is 0.463. The average Bonchev–Trinajstić information content (AvgIpc) is 2.35. The van der Waals surface area contributed by atoms with Gasteiger partial charge >= 0.3 is 0 Å². The van der Waals surface area contributed by atoms with Gasteiger partial charge in [-0.25, -0.2) is 8.42 Å². The Morgan fingerprint density at radius 2 is 1.82 bits per heavy atom. The molecule has 6 nitrogen and oxygen atoms in total. The molecule has 0 bridgehead atoms. The summed E-state index contributed by atoms with van der Waals surface area (Å²) in [4.78, 5) is 11.9. The van der Waals surface area contributed by atoms with Crippen molar-refractivity contribution in [3.8, 4) is 0 Å². The summed E-state index contributed by atoms with van der Waals surface area (Å²) in [5.74, 6) is -0.329. The number of benzene rings is 1. The highest BCUT2D eigenvalue weighted by molar-refractivity contribution is 7.88. The molecule has 9 heteroatoms. The van der Waals surface area contributed by atoms with Crippen molar-refractivity contribution in [2.75, 3.05) is 38.4 Å². The molecule has 0 aliphatic rings. The summed E-state index contributed by atoms with van der Waals surface area (Å²) in [7, 11) is -1.91. The fourth-order valence-corrected chi connectivity index (χ4v) is 3.07. The number of ether oxygens (including phenoxy) is 1. The largest absolute Gasteiger partial charge is 0.383 e. The van der Waals surface area contributed by atoms with Gasteiger partial charge in [-0.15, -0.1) is 0 Å². The predicted molar refractivity (Wildman–Crippen MR) is 88.0 cm³/mol. The molecule has 0 spiro atoms. The molecular weight excluding hydrogens is 351 g/mol. The highest BCUT2D eigenvalue weighted by Gasteiger charge is 2.17. The molecule has 22 heavy (non-hydrogen) atoms. The van der Waals surface area contributed by atoms with Gasteiger partial charge < -0.3 is 10.1 Å². The Labute approximate surface area is 140 Å². The van der Waals surface area contributed by atoms with Gasteiger partial charge in [0.25, 0.3) is 0 Å². The van der Waals surface area contributed by atoms with Crippen LogP contribution in [0, 0.1) is 0 Å². The van der Waals surface area contributed by atoms with Gasteiger partial charge in [-0.1, -0.05) is 23.2 Å². The number of rotatable bonds is 8. The number of halogens is 2. The van der Waals surface area contributed by atoms with Crippen molar-refractivity contribution in [1.82, 2.24) is 4.31 Å². The van der Waals surface area contributed by atoms with Gasteiger partial charge in [0, 0.05) is 42.4 Å². The van der Waals surface area contributed by atoms with Crippen LogP contribution >= 0.6 is 23.2 Å². The lowest BCUT2D eigenvalue weighted by Crippen LogP contribution is -2.35. The molecule has 0 heterocycles. The molecule has 0 aliphatic heterocycles. The summed E-state index contributed by atoms with van der Waals surface area (Å²) in [6.45, 7) is 0.534. The molecule has 0 radical (unpaired) electrons. The van der Waals surface area contributed by atoms with Gasteiger partial charge in [0.2, 0.25) is 15.9 Å². The normalized spacial score (nSPS) is 11.7. The molecule has 1 rings (SSSR count). The van der Waals surface area contributed by atoms with E-state index in [0.29, 0.717) is 15.7 Å². The first-order chi connectivity index (χ1) is 10.2. The van der Waals surface area contributed by atoms with Gasteiger partial charge in [-0.05, 0) is 18.2 Å². The Balaban J connectivity index is 2.60. The molecule has 0 unspecified atom stereocenters. The maximum atomic E-state index is 11.9. The first-order valence-electron chi connectivity index (χ1n) is 6.42. The van der Waals surface area contributed by atoms with Crippen molar-refractivity contribution in [1.29, 1.82) is 0 Å². The minimum atomic E-state index is -3.39. The number of anilines is 1. The van der Waals surface area contributed by atoms with E-state index in [1.807, 2.05) is 0 Å². The van der Waals surface area contributed by atoms with E-state index >= 15 is 0 Å². The highest BCUT2D eigenvalue weighted by atomic mass is 35.5. The van der Waals surface area contributed by atoms with Crippen LogP contribution in [0.15, 0.2) is 18.2 Å². The summed E-state index contributed by atoms with van der Waals surface area (Å²) >= 11 is 11.7. The number of sulfonamides is 1. The fourth-order valence-electron chi connectivity index (χ4n) is 1.71. The van der Waals surface area contributed by atoms with E-state index in [4.69, 9.17) is 27.9 Å². The van der Waals surface area contributed by atoms with Gasteiger partial charge in [-0.3, -0.25) is 4.79 Å². The Morgan fingerprint density at radius 1 is 1.23 bits per heavy atom. The second-order valence-electron chi connectivity index (χ2n) is 4.61. The molecule has 1 N–H and O–H groups in total. The molecule has 0 aliphatic carbocycles. The molecular formula is C13H18Cl2N2O4S. The van der Waals surface area contributed by atoms with E-state index in [1.165, 1.54) is 11.4 Å². The fraction of sp³-hybridized carbons (Fsp3) is 0.462. The first kappa shape index (κ1) is 19.2. The van der Waals surface area contributed by atoms with Gasteiger partial charge in [-0.2, -0.15) is 4.31 Å². The third-order valence-corrected chi connectivity index (χ3v) is 4.49. The smallest absolute Gasteiger partial charge is 0.225 e. The molecule has 1 amide bonds. The molecule has 0 aromatic heterocycles. The Morgan fingerprint density at radius 3 is 2.32 bits per heavy atom. The van der Waals surface area contributed by atoms with Crippen LogP contribution in [0.2, 0.25) is 10.0 Å². The number of carbonyl (C=O) groups is 1. The Kier molecular flexibility index (Phi) is 7.58. The van der Waals surface area contributed by atoms with Gasteiger partial charge in [0.1, 0.15) is 0 Å². The maximum absolute atomic E-state index is 11.9. The number of carbonyl (C=O) groups excluding carboxylic acids is 1. The van der Waals surface area contributed by atoms with Crippen LogP contribution in [0.25, 0.3) is 0 Å². The summed E-state index contributed by atoms with van der Waals surface area (Å²) in [5, 5.41) is 3.43. The van der Waals surface area contributed by atoms with Crippen molar-refractivity contribution < 1.29 is 17.9 Å². The van der Waals surface area contributed by atoms with E-state index in [2.05, 4.69) is 5.32 Å². The second-order valence-corrected chi connectivity index (χ2v) is 7.47. The van der Waals surface area contributed by atoms with E-state index in [0.717, 1.165) is 6.26 Å². The van der Waals surface area contributed by atoms with Crippen molar-refractivity contribution in [3.05, 3.63) is 28.2 Å². The standard InChI is InChI=1S/C13H18Cl2N2O4S/c1-21-6-5-17(22(2,19)20)4-3-13(18)16-12-8-10(14)7-11(15)9-12/h7-9H,3-6H2,1-2H3,(H,16,18). The number of nitrogens with one attached hydrogen (secondary N) is 1. The summed E-state index contributed by atoms with van der Waals surface area (Å²) in [6, 6.07) is 4.67. The van der Waals surface area contributed by atoms with Crippen LogP contribution in [0.1, 0.15) is 6.42 Å². The molecule has 124 valence electrons. The lowest BCUT2D eigenvalue weighted by Gasteiger charge is -2.19. The zero-order valence-corrected chi connectivity index (χ0v) is 14.6. The quantitative estimate of drug-likeness (QED) is 0.763. The molecule has 0 saturated heterocycles. The molecule has 1 aromatic rings. The first-order valence-corrected chi connectivity index (χ1v) is 9.03. The number of amides is 1. The third kappa shape index (κ3) is 6.93. The Hall–Kier alpha value is -0.860. The lowest BCUT2D eigenvalue weighted by atomic mass is 10.3. The topological polar surface area (TPSA) is 75.7 Å². The average molecular weight is 369 g/mol. The predicted octanol–water partition coefficient (Wildman–Crippen LogP) is 2.23. The second kappa shape index (κ2) is 8.69. The lowest BCUT2D eigenvalue weighted by molar-refractivity contribution is -0.116. The molecule has 0 saturated carbocycles. The van der Waals surface area contributed by atoms with Crippen molar-refractivity contribution >= 4 is 44.8 Å². The van der Waals surface area contributed by atoms with Crippen LogP contribution < -0.4 is 5.32 Å². The zero-order valence-electron chi connectivity index (χ0n) is 12.3. The number of nitrogens with zero attached hydrogens (tertiary/aromatic N) is 1. The van der Waals surface area contributed by atoms with E-state index < -0.39 is 10.0 Å². The van der Waals surface area contributed by atoms with Crippen LogP contribution in [0.3, 0.4) is 0 Å². The molecule has 0 atom stereocenters. The highest BCUT2D eigenvalue weighted by Crippen LogP contribution is 2.22. The van der Waals surface area contributed by atoms with E-state index in [-0.39, 0.29) is 32.0 Å². The molecule has 1 aromatic carbocycles. The maximum Gasteiger partial charge on any atom is 0.225 e. The minimum Gasteiger partial charge on any atom is -0.383 e. The zero-order chi connectivity index (χ0) is 16.8. The Bertz CT molecular complexity index is 602. The summed E-state index contributed by atoms with van der Waals surface area (Å²) < 4.78 is 29.3. The monoisotopic (exact) mass is 368 g/mol. The van der Waals surface area contributed by atoms with E-state index in [9.17, 15) is 13.2 Å². The number of hydrogen-bond donors (Lipinski definition) is 1. The van der Waals surface area contributed by atoms with Gasteiger partial charge in [0.05, 0.1) is 12.9 Å². The summed E-state index contributed by atoms with van der Waals surface area (Å²) in [6.07, 6.45) is 1.11. The minimum absolute atomic E-state index is 0.0148. The third-order valence-electron chi connectivity index (χ3n) is 2.75. The molecule has 0 fully saturated rings. The number of hydrogen-bond acceptors (Lipinski definition) is 4. The van der Waals surface area contributed by atoms with Crippen LogP contribution in [-0.2, 0) is 19.6 Å². The van der Waals surface area contributed by atoms with Gasteiger partial charge in [0.15, 0.2) is 0 Å². The van der Waals surface area contributed by atoms with Crippen LogP contribution in [0.5, 0.6) is 0 Å².